The first-order valence-corrected chi connectivity index (χ1v) is 9.43. The summed E-state index contributed by atoms with van der Waals surface area (Å²) < 4.78 is 47.8. The predicted octanol–water partition coefficient (Wildman–Crippen LogP) is 7.66. The molecular weight excluding hydrogens is 466 g/mol. The van der Waals surface area contributed by atoms with Crippen molar-refractivity contribution in [2.75, 3.05) is 3.11 Å². The van der Waals surface area contributed by atoms with Crippen LogP contribution in [0.3, 0.4) is 0 Å². The Hall–Kier alpha value is -2.22. The zero-order valence-corrected chi connectivity index (χ0v) is 16.5. The normalized spacial score (nSPS) is 12.0. The number of aryl methyl sites for hydroxylation is 1. The third-order valence-corrected chi connectivity index (χ3v) is 5.67. The molecule has 138 valence electrons. The molecule has 0 amide bonds. The quantitative estimate of drug-likeness (QED) is 0.221. The topological polar surface area (TPSA) is 16.4 Å². The summed E-state index contributed by atoms with van der Waals surface area (Å²) in [6.45, 7) is 2.09. The maximum atomic E-state index is 13.4. The Kier molecular flexibility index (Phi) is 4.53. The Bertz CT molecular complexity index is 1120. The van der Waals surface area contributed by atoms with Gasteiger partial charge < -0.3 is 4.42 Å². The van der Waals surface area contributed by atoms with Crippen LogP contribution in [0.2, 0.25) is 0 Å². The standard InChI is InChI=1S/C21H15F3INO/c1-2-13-9-11-14(12-10-13)26(25)18-8-4-6-16-15-5-3-7-17(21(22,23)24)19(15)27-20(16)18/h3-12H,2H2,1H3. The fourth-order valence-electron chi connectivity index (χ4n) is 3.18. The van der Waals surface area contributed by atoms with E-state index in [0.29, 0.717) is 22.0 Å². The van der Waals surface area contributed by atoms with Gasteiger partial charge in [0.25, 0.3) is 0 Å². The molecule has 3 aromatic carbocycles. The monoisotopic (exact) mass is 481 g/mol. The van der Waals surface area contributed by atoms with E-state index in [9.17, 15) is 13.2 Å². The molecule has 0 saturated carbocycles. The third-order valence-electron chi connectivity index (χ3n) is 4.59. The molecule has 1 heterocycles. The zero-order valence-electron chi connectivity index (χ0n) is 14.3. The number of fused-ring (bicyclic) bond motifs is 3. The minimum Gasteiger partial charge on any atom is -0.453 e. The van der Waals surface area contributed by atoms with Crippen LogP contribution < -0.4 is 3.11 Å². The highest BCUT2D eigenvalue weighted by atomic mass is 127. The second kappa shape index (κ2) is 6.74. The SMILES string of the molecule is CCc1ccc(N(I)c2cccc3c2oc2c(C(F)(F)F)cccc23)cc1. The molecule has 4 rings (SSSR count). The molecule has 0 spiro atoms. The second-order valence-electron chi connectivity index (χ2n) is 6.24. The van der Waals surface area contributed by atoms with E-state index >= 15 is 0 Å². The number of alkyl halides is 3. The van der Waals surface area contributed by atoms with Crippen LogP contribution in [0, 0.1) is 0 Å². The fraction of sp³-hybridized carbons (Fsp3) is 0.143. The molecule has 0 aliphatic heterocycles. The number of hydrogen-bond acceptors (Lipinski definition) is 2. The number of para-hydroxylation sites is 2. The minimum atomic E-state index is -4.46. The number of nitrogens with zero attached hydrogens (tertiary/aromatic N) is 1. The van der Waals surface area contributed by atoms with Crippen LogP contribution in [-0.4, -0.2) is 0 Å². The molecule has 0 aliphatic carbocycles. The average molecular weight is 481 g/mol. The van der Waals surface area contributed by atoms with Gasteiger partial charge in [0, 0.05) is 10.8 Å². The Morgan fingerprint density at radius 3 is 2.15 bits per heavy atom. The number of furan rings is 1. The van der Waals surface area contributed by atoms with Crippen LogP contribution in [-0.2, 0) is 12.6 Å². The molecule has 4 aromatic rings. The van der Waals surface area contributed by atoms with Crippen molar-refractivity contribution < 1.29 is 17.6 Å². The van der Waals surface area contributed by atoms with Crippen LogP contribution in [0.4, 0.5) is 24.5 Å². The van der Waals surface area contributed by atoms with Gasteiger partial charge in [0.1, 0.15) is 5.58 Å². The highest BCUT2D eigenvalue weighted by Crippen LogP contribution is 2.43. The highest BCUT2D eigenvalue weighted by Gasteiger charge is 2.34. The van der Waals surface area contributed by atoms with Gasteiger partial charge >= 0.3 is 6.18 Å². The molecule has 0 fully saturated rings. The van der Waals surface area contributed by atoms with Gasteiger partial charge in [-0.25, -0.2) is 0 Å². The van der Waals surface area contributed by atoms with Gasteiger partial charge in [0.15, 0.2) is 5.58 Å². The van der Waals surface area contributed by atoms with Gasteiger partial charge in [0.2, 0.25) is 0 Å². The average Bonchev–Trinajstić information content (AvgIpc) is 3.05. The van der Waals surface area contributed by atoms with Gasteiger partial charge in [-0.15, -0.1) is 0 Å². The van der Waals surface area contributed by atoms with Crippen molar-refractivity contribution in [2.24, 2.45) is 0 Å². The molecule has 6 heteroatoms. The minimum absolute atomic E-state index is 0.126. The molecule has 27 heavy (non-hydrogen) atoms. The third kappa shape index (κ3) is 3.16. The van der Waals surface area contributed by atoms with E-state index in [1.54, 1.807) is 12.1 Å². The molecule has 0 N–H and O–H groups in total. The molecule has 1 aromatic heterocycles. The summed E-state index contributed by atoms with van der Waals surface area (Å²) in [4.78, 5) is 0. The van der Waals surface area contributed by atoms with E-state index in [0.717, 1.165) is 18.2 Å². The smallest absolute Gasteiger partial charge is 0.420 e. The van der Waals surface area contributed by atoms with Crippen LogP contribution in [0.5, 0.6) is 0 Å². The lowest BCUT2D eigenvalue weighted by Crippen LogP contribution is -2.04. The number of rotatable bonds is 3. The van der Waals surface area contributed by atoms with Gasteiger partial charge in [-0.1, -0.05) is 43.3 Å². The lowest BCUT2D eigenvalue weighted by atomic mass is 10.1. The molecule has 0 unspecified atom stereocenters. The number of hydrogen-bond donors (Lipinski definition) is 0. The molecule has 0 aliphatic rings. The highest BCUT2D eigenvalue weighted by molar-refractivity contribution is 14.1. The number of anilines is 2. The summed E-state index contributed by atoms with van der Waals surface area (Å²) in [5.41, 5.74) is 2.42. The van der Waals surface area contributed by atoms with E-state index in [1.165, 1.54) is 11.6 Å². The summed E-state index contributed by atoms with van der Waals surface area (Å²) in [5, 5.41) is 1.13. The van der Waals surface area contributed by atoms with E-state index in [1.807, 2.05) is 39.5 Å². The van der Waals surface area contributed by atoms with Crippen molar-refractivity contribution in [1.29, 1.82) is 0 Å². The maximum absolute atomic E-state index is 13.4. The summed E-state index contributed by atoms with van der Waals surface area (Å²) in [6.07, 6.45) is -3.52. The first kappa shape index (κ1) is 18.2. The second-order valence-corrected chi connectivity index (χ2v) is 7.20. The van der Waals surface area contributed by atoms with Crippen LogP contribution in [0.15, 0.2) is 65.1 Å². The van der Waals surface area contributed by atoms with Crippen LogP contribution >= 0.6 is 22.9 Å². The van der Waals surface area contributed by atoms with Crippen LogP contribution in [0.1, 0.15) is 18.1 Å². The van der Waals surface area contributed by atoms with Gasteiger partial charge in [-0.2, -0.15) is 13.2 Å². The van der Waals surface area contributed by atoms with Gasteiger partial charge in [-0.05, 0) is 36.2 Å². The summed E-state index contributed by atoms with van der Waals surface area (Å²) in [6, 6.07) is 17.7. The zero-order chi connectivity index (χ0) is 19.2. The molecule has 0 bridgehead atoms. The molecule has 0 radical (unpaired) electrons. The maximum Gasteiger partial charge on any atom is 0.420 e. The Balaban J connectivity index is 1.91. The Labute approximate surface area is 168 Å². The summed E-state index contributed by atoms with van der Waals surface area (Å²) in [5.74, 6) is 0. The largest absolute Gasteiger partial charge is 0.453 e. The van der Waals surface area contributed by atoms with Crippen molar-refractivity contribution in [3.63, 3.8) is 0 Å². The fourth-order valence-corrected chi connectivity index (χ4v) is 3.89. The van der Waals surface area contributed by atoms with E-state index in [-0.39, 0.29) is 5.58 Å². The predicted molar refractivity (Wildman–Crippen MR) is 111 cm³/mol. The Morgan fingerprint density at radius 2 is 1.52 bits per heavy atom. The molecule has 2 nitrogen and oxygen atoms in total. The van der Waals surface area contributed by atoms with E-state index < -0.39 is 11.7 Å². The number of halogens is 4. The van der Waals surface area contributed by atoms with E-state index in [2.05, 4.69) is 29.8 Å². The van der Waals surface area contributed by atoms with Crippen molar-refractivity contribution in [3.8, 4) is 0 Å². The van der Waals surface area contributed by atoms with Gasteiger partial charge in [-0.3, -0.25) is 3.11 Å². The summed E-state index contributed by atoms with van der Waals surface area (Å²) in [7, 11) is 0. The lowest BCUT2D eigenvalue weighted by Gasteiger charge is -2.17. The van der Waals surface area contributed by atoms with Crippen molar-refractivity contribution in [3.05, 3.63) is 71.8 Å². The van der Waals surface area contributed by atoms with Crippen LogP contribution in [0.25, 0.3) is 21.9 Å². The van der Waals surface area contributed by atoms with E-state index in [4.69, 9.17) is 4.42 Å². The summed E-state index contributed by atoms with van der Waals surface area (Å²) >= 11 is 2.15. The molecule has 0 atom stereocenters. The van der Waals surface area contributed by atoms with Crippen molar-refractivity contribution in [2.45, 2.75) is 19.5 Å². The number of benzene rings is 3. The molecular formula is C21H15F3INO. The molecule has 0 saturated heterocycles. The first-order chi connectivity index (χ1) is 12.9. The Morgan fingerprint density at radius 1 is 0.889 bits per heavy atom. The first-order valence-electron chi connectivity index (χ1n) is 8.46. The lowest BCUT2D eigenvalue weighted by molar-refractivity contribution is -0.136. The van der Waals surface area contributed by atoms with Crippen molar-refractivity contribution in [1.82, 2.24) is 0 Å². The van der Waals surface area contributed by atoms with Crippen molar-refractivity contribution >= 4 is 56.2 Å². The van der Waals surface area contributed by atoms with Gasteiger partial charge in [0.05, 0.1) is 39.8 Å².